The molecule has 0 radical (unpaired) electrons. The van der Waals surface area contributed by atoms with Gasteiger partial charge in [-0.15, -0.1) is 0 Å². The highest BCUT2D eigenvalue weighted by Gasteiger charge is 2.43. The molecule has 0 aromatic carbocycles. The van der Waals surface area contributed by atoms with Crippen LogP contribution in [0.5, 0.6) is 0 Å². The van der Waals surface area contributed by atoms with Crippen molar-refractivity contribution in [3.05, 3.63) is 0 Å². The van der Waals surface area contributed by atoms with E-state index < -0.39 is 55.1 Å². The predicted molar refractivity (Wildman–Crippen MR) is 66.4 cm³/mol. The molecule has 0 aliphatic heterocycles. The molecule has 0 spiro atoms. The molecule has 0 aromatic rings. The molecule has 8 atom stereocenters. The monoisotopic (exact) mass is 296 g/mol. The van der Waals surface area contributed by atoms with Crippen molar-refractivity contribution >= 4 is 0 Å². The minimum absolute atomic E-state index is 0.0598. The zero-order valence-electron chi connectivity index (χ0n) is 11.0. The molecular formula is C12H24O8. The first-order chi connectivity index (χ1) is 9.33. The predicted octanol–water partition coefficient (Wildman–Crippen LogP) is -3.84. The summed E-state index contributed by atoms with van der Waals surface area (Å²) >= 11 is 0. The van der Waals surface area contributed by atoms with Gasteiger partial charge in [-0.1, -0.05) is 0 Å². The first-order valence-electron chi connectivity index (χ1n) is 6.63. The van der Waals surface area contributed by atoms with Crippen LogP contribution in [-0.4, -0.2) is 90.7 Å². The number of hydrogen-bond donors (Lipinski definition) is 8. The van der Waals surface area contributed by atoms with Crippen LogP contribution in [0, 0.1) is 11.8 Å². The van der Waals surface area contributed by atoms with Gasteiger partial charge in [0.25, 0.3) is 0 Å². The van der Waals surface area contributed by atoms with E-state index in [0.717, 1.165) is 0 Å². The molecule has 120 valence electrons. The van der Waals surface area contributed by atoms with E-state index in [0.29, 0.717) is 0 Å². The molecule has 1 aliphatic carbocycles. The van der Waals surface area contributed by atoms with Gasteiger partial charge in [-0.05, 0) is 18.8 Å². The van der Waals surface area contributed by atoms with Crippen molar-refractivity contribution in [3.8, 4) is 0 Å². The third-order valence-electron chi connectivity index (χ3n) is 4.06. The molecule has 0 amide bonds. The SMILES string of the molecule is OC[C@H]1[C@H](C[C@@H](O)[C@@H](O)[C@H](O)[C@@H](O)CO)C[C@@H](O)[C@@H]1O. The van der Waals surface area contributed by atoms with Gasteiger partial charge in [0.05, 0.1) is 24.9 Å². The molecular weight excluding hydrogens is 272 g/mol. The molecule has 0 unspecified atom stereocenters. The summed E-state index contributed by atoms with van der Waals surface area (Å²) in [6.45, 7) is -1.13. The topological polar surface area (TPSA) is 162 Å². The summed E-state index contributed by atoms with van der Waals surface area (Å²) in [7, 11) is 0. The van der Waals surface area contributed by atoms with Crippen LogP contribution in [0.15, 0.2) is 0 Å². The van der Waals surface area contributed by atoms with Gasteiger partial charge in [0.1, 0.15) is 18.3 Å². The number of aliphatic hydroxyl groups excluding tert-OH is 8. The molecule has 1 rings (SSSR count). The van der Waals surface area contributed by atoms with E-state index in [1.165, 1.54) is 0 Å². The molecule has 1 fully saturated rings. The Kier molecular flexibility index (Phi) is 6.76. The maximum atomic E-state index is 9.83. The van der Waals surface area contributed by atoms with Crippen LogP contribution in [0.25, 0.3) is 0 Å². The molecule has 1 aliphatic rings. The fourth-order valence-corrected chi connectivity index (χ4v) is 2.73. The maximum Gasteiger partial charge on any atom is 0.110 e. The average Bonchev–Trinajstić information content (AvgIpc) is 2.70. The Morgan fingerprint density at radius 2 is 1.45 bits per heavy atom. The van der Waals surface area contributed by atoms with E-state index in [-0.39, 0.29) is 19.4 Å². The Labute approximate surface area is 116 Å². The van der Waals surface area contributed by atoms with Gasteiger partial charge in [-0.2, -0.15) is 0 Å². The van der Waals surface area contributed by atoms with Crippen LogP contribution in [0.2, 0.25) is 0 Å². The van der Waals surface area contributed by atoms with E-state index in [2.05, 4.69) is 0 Å². The second-order valence-corrected chi connectivity index (χ2v) is 5.43. The minimum Gasteiger partial charge on any atom is -0.396 e. The zero-order valence-corrected chi connectivity index (χ0v) is 11.0. The Morgan fingerprint density at radius 1 is 0.900 bits per heavy atom. The highest BCUT2D eigenvalue weighted by molar-refractivity contribution is 4.93. The molecule has 8 nitrogen and oxygen atoms in total. The van der Waals surface area contributed by atoms with Crippen molar-refractivity contribution in [2.24, 2.45) is 11.8 Å². The number of hydrogen-bond acceptors (Lipinski definition) is 8. The van der Waals surface area contributed by atoms with Crippen molar-refractivity contribution in [2.45, 2.75) is 49.5 Å². The van der Waals surface area contributed by atoms with E-state index in [1.807, 2.05) is 0 Å². The fraction of sp³-hybridized carbons (Fsp3) is 1.00. The normalized spacial score (nSPS) is 36.6. The van der Waals surface area contributed by atoms with Crippen molar-refractivity contribution in [2.75, 3.05) is 13.2 Å². The summed E-state index contributed by atoms with van der Waals surface area (Å²) in [6, 6.07) is 0. The van der Waals surface area contributed by atoms with Crippen LogP contribution in [0.4, 0.5) is 0 Å². The second-order valence-electron chi connectivity index (χ2n) is 5.43. The van der Waals surface area contributed by atoms with E-state index in [4.69, 9.17) is 5.11 Å². The average molecular weight is 296 g/mol. The Balaban J connectivity index is 2.59. The van der Waals surface area contributed by atoms with Crippen LogP contribution in [0.1, 0.15) is 12.8 Å². The Bertz CT molecular complexity index is 289. The Hall–Kier alpha value is -0.320. The van der Waals surface area contributed by atoms with Gasteiger partial charge in [-0.3, -0.25) is 0 Å². The molecule has 0 heterocycles. The Morgan fingerprint density at radius 3 is 1.95 bits per heavy atom. The second kappa shape index (κ2) is 7.62. The highest BCUT2D eigenvalue weighted by Crippen LogP contribution is 2.35. The van der Waals surface area contributed by atoms with Crippen molar-refractivity contribution < 1.29 is 40.9 Å². The number of rotatable bonds is 7. The summed E-state index contributed by atoms with van der Waals surface area (Å²) in [4.78, 5) is 0. The maximum absolute atomic E-state index is 9.83. The lowest BCUT2D eigenvalue weighted by atomic mass is 9.87. The fourth-order valence-electron chi connectivity index (χ4n) is 2.73. The molecule has 8 heteroatoms. The van der Waals surface area contributed by atoms with Crippen LogP contribution in [0.3, 0.4) is 0 Å². The van der Waals surface area contributed by atoms with Gasteiger partial charge in [0.15, 0.2) is 0 Å². The van der Waals surface area contributed by atoms with E-state index in [1.54, 1.807) is 0 Å². The molecule has 20 heavy (non-hydrogen) atoms. The first-order valence-corrected chi connectivity index (χ1v) is 6.63. The van der Waals surface area contributed by atoms with Gasteiger partial charge < -0.3 is 40.9 Å². The van der Waals surface area contributed by atoms with Crippen LogP contribution < -0.4 is 0 Å². The largest absolute Gasteiger partial charge is 0.396 e. The molecule has 1 saturated carbocycles. The standard InChI is InChI=1S/C12H24O8/c13-3-6-5(1-7(15)10(6)18)2-8(16)11(19)12(20)9(17)4-14/h5-20H,1-4H2/t5-,6-,7+,8+,9-,10+,11+,12+/m0/s1. The van der Waals surface area contributed by atoms with Crippen LogP contribution in [-0.2, 0) is 0 Å². The molecule has 0 bridgehead atoms. The van der Waals surface area contributed by atoms with E-state index >= 15 is 0 Å². The van der Waals surface area contributed by atoms with Gasteiger partial charge in [0.2, 0.25) is 0 Å². The van der Waals surface area contributed by atoms with Crippen molar-refractivity contribution in [1.82, 2.24) is 0 Å². The smallest absolute Gasteiger partial charge is 0.110 e. The van der Waals surface area contributed by atoms with Gasteiger partial charge in [0, 0.05) is 12.5 Å². The van der Waals surface area contributed by atoms with Crippen LogP contribution >= 0.6 is 0 Å². The lowest BCUT2D eigenvalue weighted by Crippen LogP contribution is -2.46. The summed E-state index contributed by atoms with van der Waals surface area (Å²) in [6.07, 6.45) is -8.37. The quantitative estimate of drug-likeness (QED) is 0.237. The van der Waals surface area contributed by atoms with Gasteiger partial charge >= 0.3 is 0 Å². The van der Waals surface area contributed by atoms with Crippen molar-refractivity contribution in [1.29, 1.82) is 0 Å². The summed E-state index contributed by atoms with van der Waals surface area (Å²) in [5, 5.41) is 75.2. The highest BCUT2D eigenvalue weighted by atomic mass is 16.4. The molecule has 0 saturated heterocycles. The summed E-state index contributed by atoms with van der Waals surface area (Å²) in [5.74, 6) is -1.04. The molecule has 8 N–H and O–H groups in total. The zero-order chi connectivity index (χ0) is 15.4. The van der Waals surface area contributed by atoms with Crippen molar-refractivity contribution in [3.63, 3.8) is 0 Å². The lowest BCUT2D eigenvalue weighted by Gasteiger charge is -2.28. The lowest BCUT2D eigenvalue weighted by molar-refractivity contribution is -0.120. The van der Waals surface area contributed by atoms with E-state index in [9.17, 15) is 35.7 Å². The number of aliphatic hydroxyl groups is 8. The third-order valence-corrected chi connectivity index (χ3v) is 4.06. The summed E-state index contributed by atoms with van der Waals surface area (Å²) in [5.41, 5.74) is 0. The van der Waals surface area contributed by atoms with Gasteiger partial charge in [-0.25, -0.2) is 0 Å². The summed E-state index contributed by atoms with van der Waals surface area (Å²) < 4.78 is 0. The minimum atomic E-state index is -1.71. The third kappa shape index (κ3) is 3.86. The molecule has 0 aromatic heterocycles. The first kappa shape index (κ1) is 17.7.